The topological polar surface area (TPSA) is 87.0 Å². The first-order valence-corrected chi connectivity index (χ1v) is 6.25. The molecule has 1 amide bonds. The second-order valence-corrected chi connectivity index (χ2v) is 4.17. The quantitative estimate of drug-likeness (QED) is 0.876. The number of methoxy groups -OCH3 is 1. The van der Waals surface area contributed by atoms with Crippen molar-refractivity contribution in [2.24, 2.45) is 0 Å². The Morgan fingerprint density at radius 1 is 1.33 bits per heavy atom. The van der Waals surface area contributed by atoms with Gasteiger partial charge in [0.2, 0.25) is 5.91 Å². The van der Waals surface area contributed by atoms with Crippen molar-refractivity contribution in [3.63, 3.8) is 0 Å². The van der Waals surface area contributed by atoms with Crippen LogP contribution in [0, 0.1) is 11.3 Å². The molecular formula is C15H14N4O2. The summed E-state index contributed by atoms with van der Waals surface area (Å²) < 4.78 is 5.13. The molecule has 6 heteroatoms. The SMILES string of the molecule is COc1ccncc1NC(=O)CNc1ccc(C#N)cc1. The highest BCUT2D eigenvalue weighted by Gasteiger charge is 2.07. The number of rotatable bonds is 5. The van der Waals surface area contributed by atoms with Crippen LogP contribution in [-0.2, 0) is 4.79 Å². The van der Waals surface area contributed by atoms with Crippen LogP contribution in [0.4, 0.5) is 11.4 Å². The monoisotopic (exact) mass is 282 g/mol. The van der Waals surface area contributed by atoms with Gasteiger partial charge in [-0.05, 0) is 24.3 Å². The lowest BCUT2D eigenvalue weighted by Gasteiger charge is -2.10. The number of aromatic nitrogens is 1. The molecule has 0 fully saturated rings. The summed E-state index contributed by atoms with van der Waals surface area (Å²) in [4.78, 5) is 15.8. The summed E-state index contributed by atoms with van der Waals surface area (Å²) in [7, 11) is 1.53. The largest absolute Gasteiger partial charge is 0.494 e. The van der Waals surface area contributed by atoms with E-state index in [0.29, 0.717) is 17.0 Å². The smallest absolute Gasteiger partial charge is 0.243 e. The molecule has 1 aromatic carbocycles. The molecule has 0 saturated heterocycles. The van der Waals surface area contributed by atoms with Gasteiger partial charge in [0, 0.05) is 18.0 Å². The van der Waals surface area contributed by atoms with E-state index in [1.54, 1.807) is 36.5 Å². The molecule has 2 aromatic rings. The van der Waals surface area contributed by atoms with E-state index < -0.39 is 0 Å². The van der Waals surface area contributed by atoms with Gasteiger partial charge in [0.25, 0.3) is 0 Å². The lowest BCUT2D eigenvalue weighted by atomic mass is 10.2. The lowest BCUT2D eigenvalue weighted by molar-refractivity contribution is -0.114. The highest BCUT2D eigenvalue weighted by Crippen LogP contribution is 2.21. The number of amides is 1. The highest BCUT2D eigenvalue weighted by molar-refractivity contribution is 5.94. The third kappa shape index (κ3) is 3.94. The summed E-state index contributed by atoms with van der Waals surface area (Å²) in [6.45, 7) is 0.101. The minimum absolute atomic E-state index is 0.101. The van der Waals surface area contributed by atoms with Crippen LogP contribution in [0.25, 0.3) is 0 Å². The molecule has 0 aliphatic rings. The Hall–Kier alpha value is -3.07. The minimum atomic E-state index is -0.217. The molecule has 6 nitrogen and oxygen atoms in total. The van der Waals surface area contributed by atoms with Crippen molar-refractivity contribution in [3.8, 4) is 11.8 Å². The molecule has 0 bridgehead atoms. The zero-order valence-corrected chi connectivity index (χ0v) is 11.5. The molecule has 0 atom stereocenters. The van der Waals surface area contributed by atoms with Crippen molar-refractivity contribution in [1.29, 1.82) is 5.26 Å². The molecule has 0 aliphatic heterocycles. The molecular weight excluding hydrogens is 268 g/mol. The maximum absolute atomic E-state index is 11.9. The van der Waals surface area contributed by atoms with Gasteiger partial charge in [0.15, 0.2) is 0 Å². The number of nitrogens with zero attached hydrogens (tertiary/aromatic N) is 2. The predicted octanol–water partition coefficient (Wildman–Crippen LogP) is 2.01. The number of nitrogens with one attached hydrogen (secondary N) is 2. The first kappa shape index (κ1) is 14.3. The van der Waals surface area contributed by atoms with Gasteiger partial charge in [-0.25, -0.2) is 0 Å². The zero-order chi connectivity index (χ0) is 15.1. The molecule has 2 rings (SSSR count). The molecule has 0 spiro atoms. The van der Waals surface area contributed by atoms with Crippen LogP contribution in [0.1, 0.15) is 5.56 Å². The summed E-state index contributed by atoms with van der Waals surface area (Å²) >= 11 is 0. The van der Waals surface area contributed by atoms with E-state index in [4.69, 9.17) is 10.00 Å². The number of hydrogen-bond donors (Lipinski definition) is 2. The number of nitriles is 1. The number of anilines is 2. The van der Waals surface area contributed by atoms with E-state index >= 15 is 0 Å². The Balaban J connectivity index is 1.91. The number of carbonyl (C=O) groups is 1. The Morgan fingerprint density at radius 3 is 2.76 bits per heavy atom. The van der Waals surface area contributed by atoms with E-state index in [9.17, 15) is 4.79 Å². The van der Waals surface area contributed by atoms with Gasteiger partial charge in [-0.3, -0.25) is 9.78 Å². The fraction of sp³-hybridized carbons (Fsp3) is 0.133. The third-order valence-electron chi connectivity index (χ3n) is 2.74. The maximum Gasteiger partial charge on any atom is 0.243 e. The van der Waals surface area contributed by atoms with Crippen molar-refractivity contribution in [2.45, 2.75) is 0 Å². The Kier molecular flexibility index (Phi) is 4.72. The van der Waals surface area contributed by atoms with Gasteiger partial charge in [0.1, 0.15) is 11.4 Å². The second kappa shape index (κ2) is 6.91. The Morgan fingerprint density at radius 2 is 2.10 bits per heavy atom. The number of hydrogen-bond acceptors (Lipinski definition) is 5. The van der Waals surface area contributed by atoms with Gasteiger partial charge < -0.3 is 15.4 Å². The van der Waals surface area contributed by atoms with Crippen molar-refractivity contribution >= 4 is 17.3 Å². The van der Waals surface area contributed by atoms with E-state index in [2.05, 4.69) is 15.6 Å². The highest BCUT2D eigenvalue weighted by atomic mass is 16.5. The summed E-state index contributed by atoms with van der Waals surface area (Å²) in [6.07, 6.45) is 3.11. The summed E-state index contributed by atoms with van der Waals surface area (Å²) in [5.41, 5.74) is 1.86. The first-order valence-electron chi connectivity index (χ1n) is 6.25. The van der Waals surface area contributed by atoms with Crippen LogP contribution in [0.5, 0.6) is 5.75 Å². The standard InChI is InChI=1S/C15H14N4O2/c1-21-14-6-7-17-9-13(14)19-15(20)10-18-12-4-2-11(8-16)3-5-12/h2-7,9,18H,10H2,1H3,(H,19,20). The van der Waals surface area contributed by atoms with Crippen molar-refractivity contribution < 1.29 is 9.53 Å². The molecule has 0 aliphatic carbocycles. The summed E-state index contributed by atoms with van der Waals surface area (Å²) in [5.74, 6) is 0.336. The van der Waals surface area contributed by atoms with Gasteiger partial charge >= 0.3 is 0 Å². The van der Waals surface area contributed by atoms with Crippen molar-refractivity contribution in [2.75, 3.05) is 24.3 Å². The molecule has 0 radical (unpaired) electrons. The van der Waals surface area contributed by atoms with Gasteiger partial charge in [-0.15, -0.1) is 0 Å². The third-order valence-corrected chi connectivity index (χ3v) is 2.74. The van der Waals surface area contributed by atoms with Gasteiger partial charge in [0.05, 0.1) is 31.5 Å². The summed E-state index contributed by atoms with van der Waals surface area (Å²) in [5, 5.41) is 14.4. The maximum atomic E-state index is 11.9. The number of carbonyl (C=O) groups excluding carboxylic acids is 1. The molecule has 1 aromatic heterocycles. The molecule has 0 unspecified atom stereocenters. The van der Waals surface area contributed by atoms with Crippen molar-refractivity contribution in [1.82, 2.24) is 4.98 Å². The minimum Gasteiger partial charge on any atom is -0.494 e. The van der Waals surface area contributed by atoms with Crippen LogP contribution in [-0.4, -0.2) is 24.5 Å². The summed E-state index contributed by atoms with van der Waals surface area (Å²) in [6, 6.07) is 10.6. The van der Waals surface area contributed by atoms with E-state index in [1.807, 2.05) is 6.07 Å². The van der Waals surface area contributed by atoms with E-state index in [-0.39, 0.29) is 12.5 Å². The number of ether oxygens (including phenoxy) is 1. The molecule has 21 heavy (non-hydrogen) atoms. The van der Waals surface area contributed by atoms with E-state index in [0.717, 1.165) is 5.69 Å². The molecule has 1 heterocycles. The van der Waals surface area contributed by atoms with E-state index in [1.165, 1.54) is 13.3 Å². The average Bonchev–Trinajstić information content (AvgIpc) is 2.54. The second-order valence-electron chi connectivity index (χ2n) is 4.17. The van der Waals surface area contributed by atoms with Crippen LogP contribution in [0.2, 0.25) is 0 Å². The van der Waals surface area contributed by atoms with Crippen LogP contribution < -0.4 is 15.4 Å². The van der Waals surface area contributed by atoms with Crippen LogP contribution in [0.15, 0.2) is 42.7 Å². The molecule has 2 N–H and O–H groups in total. The lowest BCUT2D eigenvalue weighted by Crippen LogP contribution is -2.22. The Labute approximate surface area is 122 Å². The first-order chi connectivity index (χ1) is 10.2. The fourth-order valence-electron chi connectivity index (χ4n) is 1.69. The van der Waals surface area contributed by atoms with Crippen LogP contribution in [0.3, 0.4) is 0 Å². The predicted molar refractivity (Wildman–Crippen MR) is 79.1 cm³/mol. The molecule has 0 saturated carbocycles. The normalized spacial score (nSPS) is 9.52. The number of pyridine rings is 1. The Bertz CT molecular complexity index is 662. The number of benzene rings is 1. The zero-order valence-electron chi connectivity index (χ0n) is 11.5. The van der Waals surface area contributed by atoms with Gasteiger partial charge in [-0.2, -0.15) is 5.26 Å². The van der Waals surface area contributed by atoms with Crippen LogP contribution >= 0.6 is 0 Å². The van der Waals surface area contributed by atoms with Gasteiger partial charge in [-0.1, -0.05) is 0 Å². The molecule has 106 valence electrons. The van der Waals surface area contributed by atoms with Crippen molar-refractivity contribution in [3.05, 3.63) is 48.3 Å². The average molecular weight is 282 g/mol. The fourth-order valence-corrected chi connectivity index (χ4v) is 1.69.